The molecule has 1 fully saturated rings. The first-order valence-electron chi connectivity index (χ1n) is 7.22. The van der Waals surface area contributed by atoms with Crippen LogP contribution in [-0.2, 0) is 6.54 Å². The highest BCUT2D eigenvalue weighted by Crippen LogP contribution is 2.20. The smallest absolute Gasteiger partial charge is 0.0922 e. The molecule has 1 atom stereocenters. The molecule has 1 aromatic heterocycles. The van der Waals surface area contributed by atoms with Crippen LogP contribution in [-0.4, -0.2) is 40.5 Å². The molecule has 2 rings (SSSR count). The average Bonchev–Trinajstić information content (AvgIpc) is 2.90. The SMILES string of the molecule is CCCN1CCC(C(C)NCc2cnc[nH]2)CC1. The number of aromatic nitrogens is 2. The van der Waals surface area contributed by atoms with Gasteiger partial charge in [0.25, 0.3) is 0 Å². The Morgan fingerprint density at radius 1 is 1.50 bits per heavy atom. The van der Waals surface area contributed by atoms with Crippen LogP contribution >= 0.6 is 0 Å². The molecule has 0 saturated carbocycles. The van der Waals surface area contributed by atoms with Crippen molar-refractivity contribution in [3.63, 3.8) is 0 Å². The predicted octanol–water partition coefficient (Wildman–Crippen LogP) is 2.01. The fourth-order valence-corrected chi connectivity index (χ4v) is 2.81. The van der Waals surface area contributed by atoms with E-state index >= 15 is 0 Å². The highest BCUT2D eigenvalue weighted by atomic mass is 15.1. The van der Waals surface area contributed by atoms with Crippen LogP contribution in [0, 0.1) is 5.92 Å². The number of piperidine rings is 1. The lowest BCUT2D eigenvalue weighted by Gasteiger charge is -2.35. The molecule has 2 heterocycles. The zero-order valence-electron chi connectivity index (χ0n) is 11.7. The largest absolute Gasteiger partial charge is 0.347 e. The molecule has 0 amide bonds. The minimum atomic E-state index is 0.595. The van der Waals surface area contributed by atoms with Crippen LogP contribution < -0.4 is 5.32 Å². The van der Waals surface area contributed by atoms with E-state index in [-0.39, 0.29) is 0 Å². The van der Waals surface area contributed by atoms with E-state index in [0.29, 0.717) is 6.04 Å². The maximum absolute atomic E-state index is 4.04. The molecule has 2 N–H and O–H groups in total. The molecule has 18 heavy (non-hydrogen) atoms. The highest BCUT2D eigenvalue weighted by molar-refractivity contribution is 4.94. The van der Waals surface area contributed by atoms with Crippen molar-refractivity contribution in [2.45, 2.75) is 45.7 Å². The zero-order valence-corrected chi connectivity index (χ0v) is 11.7. The summed E-state index contributed by atoms with van der Waals surface area (Å²) in [5.74, 6) is 0.820. The second-order valence-electron chi connectivity index (χ2n) is 5.43. The molecule has 4 nitrogen and oxygen atoms in total. The van der Waals surface area contributed by atoms with E-state index in [2.05, 4.69) is 34.0 Å². The Morgan fingerprint density at radius 2 is 2.28 bits per heavy atom. The van der Waals surface area contributed by atoms with Gasteiger partial charge < -0.3 is 15.2 Å². The zero-order chi connectivity index (χ0) is 12.8. The number of nitrogens with one attached hydrogen (secondary N) is 2. The van der Waals surface area contributed by atoms with Gasteiger partial charge >= 0.3 is 0 Å². The minimum Gasteiger partial charge on any atom is -0.347 e. The van der Waals surface area contributed by atoms with E-state index in [9.17, 15) is 0 Å². The van der Waals surface area contributed by atoms with E-state index in [1.165, 1.54) is 44.6 Å². The van der Waals surface area contributed by atoms with Crippen LogP contribution in [0.4, 0.5) is 0 Å². The number of hydrogen-bond donors (Lipinski definition) is 2. The van der Waals surface area contributed by atoms with Crippen molar-refractivity contribution in [3.05, 3.63) is 18.2 Å². The first kappa shape index (κ1) is 13.6. The summed E-state index contributed by atoms with van der Waals surface area (Å²) < 4.78 is 0. The van der Waals surface area contributed by atoms with Crippen molar-refractivity contribution in [2.24, 2.45) is 5.92 Å². The van der Waals surface area contributed by atoms with Crippen LogP contribution in [0.1, 0.15) is 38.8 Å². The Kier molecular flexibility index (Phi) is 5.20. The van der Waals surface area contributed by atoms with Gasteiger partial charge in [0.15, 0.2) is 0 Å². The van der Waals surface area contributed by atoms with Crippen LogP contribution in [0.2, 0.25) is 0 Å². The molecule has 4 heteroatoms. The Hall–Kier alpha value is -0.870. The molecule has 0 aliphatic carbocycles. The summed E-state index contributed by atoms with van der Waals surface area (Å²) in [7, 11) is 0. The number of nitrogens with zero attached hydrogens (tertiary/aromatic N) is 2. The summed E-state index contributed by atoms with van der Waals surface area (Å²) >= 11 is 0. The topological polar surface area (TPSA) is 44.0 Å². The Balaban J connectivity index is 1.69. The summed E-state index contributed by atoms with van der Waals surface area (Å²) in [5, 5.41) is 3.61. The van der Waals surface area contributed by atoms with Gasteiger partial charge in [0.2, 0.25) is 0 Å². The first-order chi connectivity index (χ1) is 8.79. The fourth-order valence-electron chi connectivity index (χ4n) is 2.81. The highest BCUT2D eigenvalue weighted by Gasteiger charge is 2.23. The fraction of sp³-hybridized carbons (Fsp3) is 0.786. The van der Waals surface area contributed by atoms with Gasteiger partial charge in [-0.3, -0.25) is 0 Å². The van der Waals surface area contributed by atoms with Gasteiger partial charge in [-0.25, -0.2) is 4.98 Å². The summed E-state index contributed by atoms with van der Waals surface area (Å²) in [6.07, 6.45) is 7.57. The number of likely N-dealkylation sites (tertiary alicyclic amines) is 1. The average molecular weight is 250 g/mol. The third-order valence-electron chi connectivity index (χ3n) is 4.05. The second-order valence-corrected chi connectivity index (χ2v) is 5.43. The van der Waals surface area contributed by atoms with Crippen molar-refractivity contribution < 1.29 is 0 Å². The van der Waals surface area contributed by atoms with Crippen molar-refractivity contribution >= 4 is 0 Å². The maximum Gasteiger partial charge on any atom is 0.0922 e. The number of rotatable bonds is 6. The number of aromatic amines is 1. The number of H-pyrrole nitrogens is 1. The van der Waals surface area contributed by atoms with Gasteiger partial charge in [-0.1, -0.05) is 6.92 Å². The van der Waals surface area contributed by atoms with E-state index < -0.39 is 0 Å². The molecule has 0 spiro atoms. The van der Waals surface area contributed by atoms with Gasteiger partial charge in [-0.15, -0.1) is 0 Å². The third-order valence-corrected chi connectivity index (χ3v) is 4.05. The van der Waals surface area contributed by atoms with E-state index in [1.807, 2.05) is 6.20 Å². The van der Waals surface area contributed by atoms with Crippen molar-refractivity contribution in [1.82, 2.24) is 20.2 Å². The molecule has 102 valence electrons. The Morgan fingerprint density at radius 3 is 2.89 bits per heavy atom. The molecule has 1 aliphatic rings. The monoisotopic (exact) mass is 250 g/mol. The van der Waals surface area contributed by atoms with E-state index in [4.69, 9.17) is 0 Å². The Labute approximate surface area is 110 Å². The normalized spacial score (nSPS) is 20.1. The van der Waals surface area contributed by atoms with Crippen LogP contribution in [0.5, 0.6) is 0 Å². The van der Waals surface area contributed by atoms with Crippen LogP contribution in [0.15, 0.2) is 12.5 Å². The summed E-state index contributed by atoms with van der Waals surface area (Å²) in [4.78, 5) is 9.77. The number of hydrogen-bond acceptors (Lipinski definition) is 3. The summed E-state index contributed by atoms with van der Waals surface area (Å²) in [6.45, 7) is 9.29. The lowest BCUT2D eigenvalue weighted by molar-refractivity contribution is 0.162. The van der Waals surface area contributed by atoms with Gasteiger partial charge in [0.1, 0.15) is 0 Å². The van der Waals surface area contributed by atoms with Crippen LogP contribution in [0.25, 0.3) is 0 Å². The lowest BCUT2D eigenvalue weighted by atomic mass is 9.90. The maximum atomic E-state index is 4.04. The second kappa shape index (κ2) is 6.90. The Bertz CT molecular complexity index is 315. The van der Waals surface area contributed by atoms with Gasteiger partial charge in [0.05, 0.1) is 6.33 Å². The molecular formula is C14H26N4. The van der Waals surface area contributed by atoms with Crippen molar-refractivity contribution in [1.29, 1.82) is 0 Å². The summed E-state index contributed by atoms with van der Waals surface area (Å²) in [5.41, 5.74) is 1.17. The number of imidazole rings is 1. The molecule has 1 saturated heterocycles. The van der Waals surface area contributed by atoms with E-state index in [1.54, 1.807) is 6.33 Å². The molecular weight excluding hydrogens is 224 g/mol. The molecule has 1 aromatic rings. The quantitative estimate of drug-likeness (QED) is 0.812. The molecule has 0 bridgehead atoms. The van der Waals surface area contributed by atoms with Crippen molar-refractivity contribution in [3.8, 4) is 0 Å². The van der Waals surface area contributed by atoms with Gasteiger partial charge in [-0.2, -0.15) is 0 Å². The minimum absolute atomic E-state index is 0.595. The van der Waals surface area contributed by atoms with Crippen molar-refractivity contribution in [2.75, 3.05) is 19.6 Å². The molecule has 0 aromatic carbocycles. The molecule has 0 radical (unpaired) electrons. The molecule has 1 aliphatic heterocycles. The predicted molar refractivity (Wildman–Crippen MR) is 74.3 cm³/mol. The van der Waals surface area contributed by atoms with Gasteiger partial charge in [-0.05, 0) is 51.7 Å². The third kappa shape index (κ3) is 3.82. The molecule has 1 unspecified atom stereocenters. The first-order valence-corrected chi connectivity index (χ1v) is 7.22. The van der Waals surface area contributed by atoms with Crippen LogP contribution in [0.3, 0.4) is 0 Å². The lowest BCUT2D eigenvalue weighted by Crippen LogP contribution is -2.42. The standard InChI is InChI=1S/C14H26N4/c1-3-6-18-7-4-13(5-8-18)12(2)16-10-14-9-15-11-17-14/h9,11-13,16H,3-8,10H2,1-2H3,(H,15,17). The van der Waals surface area contributed by atoms with E-state index in [0.717, 1.165) is 12.5 Å². The van der Waals surface area contributed by atoms with Gasteiger partial charge in [0, 0.05) is 24.5 Å². The summed E-state index contributed by atoms with van der Waals surface area (Å²) in [6, 6.07) is 0.595.